The number of benzene rings is 2. The fourth-order valence-electron chi connectivity index (χ4n) is 1.08. The van der Waals surface area contributed by atoms with Crippen molar-refractivity contribution < 1.29 is 21.2 Å². The van der Waals surface area contributed by atoms with Gasteiger partial charge in [-0.05, 0) is 24.3 Å². The molecule has 2 aromatic carbocycles. The predicted molar refractivity (Wildman–Crippen MR) is 65.7 cm³/mol. The van der Waals surface area contributed by atoms with Crippen LogP contribution in [0.3, 0.4) is 0 Å². The molecule has 14 heavy (non-hydrogen) atoms. The second kappa shape index (κ2) is 6.40. The Bertz CT molecular complexity index is 319. The van der Waals surface area contributed by atoms with Gasteiger partial charge in [0.25, 0.3) is 0 Å². The van der Waals surface area contributed by atoms with Crippen LogP contribution in [-0.2, 0) is 0 Å². The molecule has 2 heteroatoms. The lowest BCUT2D eigenvalue weighted by atomic mass is 10.4. The summed E-state index contributed by atoms with van der Waals surface area (Å²) in [7, 11) is 0. The van der Waals surface area contributed by atoms with Gasteiger partial charge in [-0.1, -0.05) is 36.4 Å². The number of hydrogen-bond acceptors (Lipinski definition) is 0. The van der Waals surface area contributed by atoms with Crippen molar-refractivity contribution in [1.29, 1.82) is 0 Å². The molecule has 0 spiro atoms. The van der Waals surface area contributed by atoms with Gasteiger partial charge in [0.2, 0.25) is 0 Å². The van der Waals surface area contributed by atoms with Crippen molar-refractivity contribution in [2.24, 2.45) is 0 Å². The largest absolute Gasteiger partial charge is 0.357 e. The summed E-state index contributed by atoms with van der Waals surface area (Å²) in [4.78, 5) is 0. The van der Waals surface area contributed by atoms with Gasteiger partial charge in [-0.2, -0.15) is 0 Å². The Morgan fingerprint density at radius 3 is 1.29 bits per heavy atom. The van der Waals surface area contributed by atoms with Crippen LogP contribution < -0.4 is 21.2 Å². The van der Waals surface area contributed by atoms with E-state index in [-0.39, 0.29) is 45.2 Å². The SMILES string of the molecule is I.c1ccc([I+]c2ccccc2)cc1. The van der Waals surface area contributed by atoms with Crippen LogP contribution in [0.5, 0.6) is 0 Å². The van der Waals surface area contributed by atoms with E-state index >= 15 is 0 Å². The highest BCUT2D eigenvalue weighted by atomic mass is 127. The van der Waals surface area contributed by atoms with E-state index < -0.39 is 0 Å². The molecule has 0 aliphatic heterocycles. The van der Waals surface area contributed by atoms with Crippen molar-refractivity contribution in [2.45, 2.75) is 0 Å². The molecule has 0 bridgehead atoms. The monoisotopic (exact) mass is 409 g/mol. The van der Waals surface area contributed by atoms with Crippen molar-refractivity contribution in [3.63, 3.8) is 0 Å². The molecule has 0 saturated carbocycles. The molecule has 0 unspecified atom stereocenters. The van der Waals surface area contributed by atoms with E-state index in [1.807, 2.05) is 0 Å². The number of hydrogen-bond donors (Lipinski definition) is 0. The minimum absolute atomic E-state index is 0. The van der Waals surface area contributed by atoms with Gasteiger partial charge in [0.1, 0.15) is 0 Å². The molecule has 0 atom stereocenters. The maximum atomic E-state index is 2.21. The number of rotatable bonds is 2. The Morgan fingerprint density at radius 1 is 0.571 bits per heavy atom. The van der Waals surface area contributed by atoms with Crippen molar-refractivity contribution in [1.82, 2.24) is 0 Å². The fraction of sp³-hybridized carbons (Fsp3) is 0. The molecule has 0 N–H and O–H groups in total. The zero-order chi connectivity index (χ0) is 8.93. The summed E-state index contributed by atoms with van der Waals surface area (Å²) < 4.78 is 2.96. The van der Waals surface area contributed by atoms with Crippen molar-refractivity contribution in [2.75, 3.05) is 0 Å². The second-order valence-electron chi connectivity index (χ2n) is 2.69. The lowest BCUT2D eigenvalue weighted by molar-refractivity contribution is -0.597. The summed E-state index contributed by atoms with van der Waals surface area (Å²) >= 11 is 0.0287. The molecule has 0 amide bonds. The lowest BCUT2D eigenvalue weighted by Gasteiger charge is -1.84. The molecule has 0 aliphatic carbocycles. The Morgan fingerprint density at radius 2 is 0.929 bits per heavy atom. The standard InChI is InChI=1S/C12H10I.HI/c1-3-7-11(8-4-1)13-12-9-5-2-6-10-12;/h1-10H;1H/q+1;. The summed E-state index contributed by atoms with van der Waals surface area (Å²) in [6.45, 7) is 0. The van der Waals surface area contributed by atoms with Crippen LogP contribution in [0.1, 0.15) is 0 Å². The third kappa shape index (κ3) is 3.57. The predicted octanol–water partition coefficient (Wildman–Crippen LogP) is 0.433. The van der Waals surface area contributed by atoms with Gasteiger partial charge >= 0.3 is 21.2 Å². The highest BCUT2D eigenvalue weighted by Gasteiger charge is 2.12. The van der Waals surface area contributed by atoms with E-state index in [4.69, 9.17) is 0 Å². The number of halogens is 2. The summed E-state index contributed by atoms with van der Waals surface area (Å²) in [5.74, 6) is 0. The maximum absolute atomic E-state index is 2.21. The van der Waals surface area contributed by atoms with Crippen molar-refractivity contribution >= 4 is 24.0 Å². The lowest BCUT2D eigenvalue weighted by Crippen LogP contribution is -3.61. The van der Waals surface area contributed by atoms with Gasteiger partial charge in [-0.25, -0.2) is 0 Å². The van der Waals surface area contributed by atoms with E-state index in [0.717, 1.165) is 0 Å². The van der Waals surface area contributed by atoms with Gasteiger partial charge in [0, 0.05) is 0 Å². The van der Waals surface area contributed by atoms with Gasteiger partial charge in [-0.3, -0.25) is 0 Å². The molecular weight excluding hydrogens is 398 g/mol. The smallest absolute Gasteiger partial charge is 0.107 e. The zero-order valence-corrected chi connectivity index (χ0v) is 12.0. The molecule has 2 aromatic rings. The van der Waals surface area contributed by atoms with Gasteiger partial charge in [-0.15, -0.1) is 24.0 Å². The first-order chi connectivity index (χ1) is 6.45. The highest BCUT2D eigenvalue weighted by Crippen LogP contribution is 1.85. The molecular formula is C12H11I2+. The quantitative estimate of drug-likeness (QED) is 0.632. The molecule has 0 aliphatic rings. The van der Waals surface area contributed by atoms with Gasteiger partial charge in [0.15, 0.2) is 7.14 Å². The first kappa shape index (κ1) is 12.0. The Labute approximate surface area is 112 Å². The molecule has 0 fully saturated rings. The van der Waals surface area contributed by atoms with Crippen LogP contribution in [0.2, 0.25) is 0 Å². The van der Waals surface area contributed by atoms with Crippen LogP contribution in [-0.4, -0.2) is 0 Å². The minimum Gasteiger partial charge on any atom is -0.107 e. The maximum Gasteiger partial charge on any atom is 0.357 e. The minimum atomic E-state index is 0. The first-order valence-electron chi connectivity index (χ1n) is 4.20. The Kier molecular flexibility index (Phi) is 5.47. The summed E-state index contributed by atoms with van der Waals surface area (Å²) in [5.41, 5.74) is 0. The van der Waals surface area contributed by atoms with E-state index in [9.17, 15) is 0 Å². The Hall–Kier alpha value is -0.100. The van der Waals surface area contributed by atoms with Crippen LogP contribution in [0, 0.1) is 7.14 Å². The molecule has 2 rings (SSSR count). The average Bonchev–Trinajstić information content (AvgIpc) is 2.21. The van der Waals surface area contributed by atoms with E-state index in [0.29, 0.717) is 0 Å². The zero-order valence-electron chi connectivity index (χ0n) is 7.56. The van der Waals surface area contributed by atoms with Crippen LogP contribution in [0.15, 0.2) is 60.7 Å². The van der Waals surface area contributed by atoms with Crippen LogP contribution in [0.25, 0.3) is 0 Å². The fourth-order valence-corrected chi connectivity index (χ4v) is 3.35. The normalized spacial score (nSPS) is 9.14. The van der Waals surface area contributed by atoms with E-state index in [1.54, 1.807) is 0 Å². The topological polar surface area (TPSA) is 0 Å². The molecule has 0 nitrogen and oxygen atoms in total. The molecule has 0 heterocycles. The summed E-state index contributed by atoms with van der Waals surface area (Å²) in [6.07, 6.45) is 0. The molecule has 72 valence electrons. The van der Waals surface area contributed by atoms with E-state index in [1.165, 1.54) is 7.14 Å². The van der Waals surface area contributed by atoms with Crippen LogP contribution >= 0.6 is 24.0 Å². The van der Waals surface area contributed by atoms with Gasteiger partial charge < -0.3 is 0 Å². The molecule has 0 aromatic heterocycles. The second-order valence-corrected chi connectivity index (χ2v) is 5.72. The summed E-state index contributed by atoms with van der Waals surface area (Å²) in [5, 5.41) is 0. The third-order valence-electron chi connectivity index (χ3n) is 1.68. The summed E-state index contributed by atoms with van der Waals surface area (Å²) in [6, 6.07) is 21.4. The average molecular weight is 409 g/mol. The Balaban J connectivity index is 0.000000980. The van der Waals surface area contributed by atoms with Crippen molar-refractivity contribution in [3.05, 3.63) is 67.8 Å². The van der Waals surface area contributed by atoms with Crippen LogP contribution in [0.4, 0.5) is 0 Å². The van der Waals surface area contributed by atoms with Gasteiger partial charge in [0.05, 0.1) is 0 Å². The van der Waals surface area contributed by atoms with E-state index in [2.05, 4.69) is 60.7 Å². The highest BCUT2D eigenvalue weighted by molar-refractivity contribution is 14.0. The third-order valence-corrected chi connectivity index (χ3v) is 4.37. The first-order valence-corrected chi connectivity index (χ1v) is 6.36. The van der Waals surface area contributed by atoms with Crippen molar-refractivity contribution in [3.8, 4) is 0 Å². The molecule has 0 saturated heterocycles. The molecule has 0 radical (unpaired) electrons.